The summed E-state index contributed by atoms with van der Waals surface area (Å²) in [5.41, 5.74) is 4.45. The van der Waals surface area contributed by atoms with Crippen molar-refractivity contribution in [2.45, 2.75) is 37.4 Å². The number of aromatic amines is 2. The molecule has 5 rings (SSSR count). The van der Waals surface area contributed by atoms with Crippen molar-refractivity contribution in [1.82, 2.24) is 20.2 Å². The molecule has 24 heavy (non-hydrogen) atoms. The van der Waals surface area contributed by atoms with Gasteiger partial charge in [-0.05, 0) is 30.4 Å². The Labute approximate surface area is 139 Å². The van der Waals surface area contributed by atoms with Crippen LogP contribution in [-0.2, 0) is 9.47 Å². The van der Waals surface area contributed by atoms with Gasteiger partial charge in [0.15, 0.2) is 5.79 Å². The predicted molar refractivity (Wildman–Crippen MR) is 89.5 cm³/mol. The Hall–Kier alpha value is -2.18. The van der Waals surface area contributed by atoms with Crippen LogP contribution in [0, 0.1) is 0 Å². The molecule has 1 aliphatic heterocycles. The lowest BCUT2D eigenvalue weighted by Gasteiger charge is -2.35. The lowest BCUT2D eigenvalue weighted by Crippen LogP contribution is -2.34. The predicted octanol–water partition coefficient (Wildman–Crippen LogP) is 3.35. The minimum atomic E-state index is -0.302. The highest BCUT2D eigenvalue weighted by Crippen LogP contribution is 2.42. The highest BCUT2D eigenvalue weighted by molar-refractivity contribution is 5.93. The van der Waals surface area contributed by atoms with E-state index in [4.69, 9.17) is 9.47 Å². The van der Waals surface area contributed by atoms with Crippen molar-refractivity contribution in [2.75, 3.05) is 13.2 Å². The highest BCUT2D eigenvalue weighted by Gasteiger charge is 2.40. The first-order chi connectivity index (χ1) is 11.8. The molecule has 2 aliphatic rings. The van der Waals surface area contributed by atoms with Crippen molar-refractivity contribution in [1.29, 1.82) is 0 Å². The molecule has 1 aliphatic carbocycles. The highest BCUT2D eigenvalue weighted by atomic mass is 16.7. The first-order valence-electron chi connectivity index (χ1n) is 8.57. The van der Waals surface area contributed by atoms with Crippen LogP contribution in [0.25, 0.3) is 22.2 Å². The van der Waals surface area contributed by atoms with Crippen molar-refractivity contribution in [3.63, 3.8) is 0 Å². The zero-order valence-corrected chi connectivity index (χ0v) is 13.4. The van der Waals surface area contributed by atoms with E-state index in [1.165, 1.54) is 5.56 Å². The van der Waals surface area contributed by atoms with Gasteiger partial charge in [0.25, 0.3) is 0 Å². The van der Waals surface area contributed by atoms with Gasteiger partial charge in [-0.3, -0.25) is 5.10 Å². The fourth-order valence-electron chi connectivity index (χ4n) is 4.06. The summed E-state index contributed by atoms with van der Waals surface area (Å²) >= 11 is 0. The van der Waals surface area contributed by atoms with Crippen LogP contribution in [0.5, 0.6) is 0 Å². The molecule has 0 radical (unpaired) electrons. The molecule has 2 fully saturated rings. The van der Waals surface area contributed by atoms with Gasteiger partial charge >= 0.3 is 0 Å². The molecule has 1 saturated heterocycles. The van der Waals surface area contributed by atoms with Crippen LogP contribution >= 0.6 is 0 Å². The molecular formula is C18H20N4O2. The molecule has 0 aromatic carbocycles. The largest absolute Gasteiger partial charge is 0.348 e. The van der Waals surface area contributed by atoms with Gasteiger partial charge < -0.3 is 14.5 Å². The summed E-state index contributed by atoms with van der Waals surface area (Å²) in [6.07, 6.45) is 11.9. The number of ether oxygens (including phenoxy) is 2. The standard InChI is InChI=1S/C18H20N4O2/c1-3-18(23-5-6-24-18)4-2-12(1)13-7-15-16(14-9-21-22-10-14)11-20-17(15)19-8-13/h7-12H,1-6H2,(H,19,20)(H,21,22). The minimum absolute atomic E-state index is 0.302. The number of fused-ring (bicyclic) bond motifs is 1. The van der Waals surface area contributed by atoms with E-state index in [1.54, 1.807) is 0 Å². The number of pyridine rings is 1. The molecule has 0 unspecified atom stereocenters. The third-order valence-corrected chi connectivity index (χ3v) is 5.39. The van der Waals surface area contributed by atoms with Gasteiger partial charge in [0, 0.05) is 47.9 Å². The van der Waals surface area contributed by atoms with E-state index in [0.717, 1.165) is 61.1 Å². The lowest BCUT2D eigenvalue weighted by atomic mass is 9.81. The molecule has 0 atom stereocenters. The van der Waals surface area contributed by atoms with Gasteiger partial charge in [-0.15, -0.1) is 0 Å². The summed E-state index contributed by atoms with van der Waals surface area (Å²) in [4.78, 5) is 7.88. The quantitative estimate of drug-likeness (QED) is 0.758. The molecule has 1 saturated carbocycles. The Kier molecular flexibility index (Phi) is 3.21. The van der Waals surface area contributed by atoms with E-state index < -0.39 is 0 Å². The average Bonchev–Trinajstić information content (AvgIpc) is 3.35. The number of hydrogen-bond donors (Lipinski definition) is 2. The lowest BCUT2D eigenvalue weighted by molar-refractivity contribution is -0.178. The van der Waals surface area contributed by atoms with Crippen LogP contribution in [0.2, 0.25) is 0 Å². The second-order valence-corrected chi connectivity index (χ2v) is 6.74. The fourth-order valence-corrected chi connectivity index (χ4v) is 4.06. The molecule has 3 aromatic heterocycles. The van der Waals surface area contributed by atoms with Crippen LogP contribution in [-0.4, -0.2) is 39.2 Å². The summed E-state index contributed by atoms with van der Waals surface area (Å²) in [7, 11) is 0. The van der Waals surface area contributed by atoms with E-state index >= 15 is 0 Å². The Balaban J connectivity index is 1.44. The summed E-state index contributed by atoms with van der Waals surface area (Å²) in [6.45, 7) is 1.46. The number of aromatic nitrogens is 4. The zero-order valence-electron chi connectivity index (χ0n) is 13.4. The molecule has 1 spiro atoms. The van der Waals surface area contributed by atoms with Gasteiger partial charge in [-0.25, -0.2) is 4.98 Å². The Morgan fingerprint density at radius 2 is 1.92 bits per heavy atom. The molecular weight excluding hydrogens is 304 g/mol. The number of nitrogens with one attached hydrogen (secondary N) is 2. The third-order valence-electron chi connectivity index (χ3n) is 5.39. The Morgan fingerprint density at radius 3 is 2.67 bits per heavy atom. The Morgan fingerprint density at radius 1 is 1.08 bits per heavy atom. The summed E-state index contributed by atoms with van der Waals surface area (Å²) in [5, 5.41) is 8.08. The summed E-state index contributed by atoms with van der Waals surface area (Å²) in [6, 6.07) is 2.28. The van der Waals surface area contributed by atoms with E-state index in [0.29, 0.717) is 5.92 Å². The van der Waals surface area contributed by atoms with Crippen LogP contribution in [0.1, 0.15) is 37.2 Å². The summed E-state index contributed by atoms with van der Waals surface area (Å²) in [5.74, 6) is 0.219. The van der Waals surface area contributed by atoms with E-state index in [-0.39, 0.29) is 5.79 Å². The second kappa shape index (κ2) is 5.43. The first-order valence-corrected chi connectivity index (χ1v) is 8.57. The molecule has 124 valence electrons. The third kappa shape index (κ3) is 2.25. The van der Waals surface area contributed by atoms with Crippen molar-refractivity contribution in [2.24, 2.45) is 0 Å². The van der Waals surface area contributed by atoms with E-state index in [1.807, 2.05) is 24.8 Å². The minimum Gasteiger partial charge on any atom is -0.348 e. The van der Waals surface area contributed by atoms with Crippen molar-refractivity contribution in [3.05, 3.63) is 36.4 Å². The molecule has 4 heterocycles. The smallest absolute Gasteiger partial charge is 0.168 e. The molecule has 6 nitrogen and oxygen atoms in total. The molecule has 2 N–H and O–H groups in total. The van der Waals surface area contributed by atoms with E-state index in [9.17, 15) is 0 Å². The van der Waals surface area contributed by atoms with Crippen molar-refractivity contribution < 1.29 is 9.47 Å². The zero-order chi connectivity index (χ0) is 16.0. The van der Waals surface area contributed by atoms with Gasteiger partial charge in [-0.2, -0.15) is 5.10 Å². The maximum absolute atomic E-state index is 5.84. The normalized spacial score (nSPS) is 21.0. The Bertz CT molecular complexity index is 839. The van der Waals surface area contributed by atoms with Crippen molar-refractivity contribution in [3.8, 4) is 11.1 Å². The second-order valence-electron chi connectivity index (χ2n) is 6.74. The maximum atomic E-state index is 5.84. The van der Waals surface area contributed by atoms with Gasteiger partial charge in [0.2, 0.25) is 0 Å². The molecule has 0 bridgehead atoms. The van der Waals surface area contributed by atoms with Crippen LogP contribution in [0.4, 0.5) is 0 Å². The van der Waals surface area contributed by atoms with E-state index in [2.05, 4.69) is 26.2 Å². The van der Waals surface area contributed by atoms with Crippen LogP contribution in [0.15, 0.2) is 30.9 Å². The van der Waals surface area contributed by atoms with Gasteiger partial charge in [-0.1, -0.05) is 0 Å². The molecule has 3 aromatic rings. The molecule has 6 heteroatoms. The number of nitrogens with zero attached hydrogens (tertiary/aromatic N) is 2. The van der Waals surface area contributed by atoms with Crippen LogP contribution < -0.4 is 0 Å². The monoisotopic (exact) mass is 324 g/mol. The molecule has 0 amide bonds. The number of rotatable bonds is 2. The van der Waals surface area contributed by atoms with Crippen molar-refractivity contribution >= 4 is 11.0 Å². The van der Waals surface area contributed by atoms with Gasteiger partial charge in [0.1, 0.15) is 5.65 Å². The number of hydrogen-bond acceptors (Lipinski definition) is 4. The summed E-state index contributed by atoms with van der Waals surface area (Å²) < 4.78 is 11.7. The topological polar surface area (TPSA) is 75.8 Å². The maximum Gasteiger partial charge on any atom is 0.168 e. The number of H-pyrrole nitrogens is 2. The van der Waals surface area contributed by atoms with Gasteiger partial charge in [0.05, 0.1) is 19.4 Å². The average molecular weight is 324 g/mol. The first kappa shape index (κ1) is 14.2. The fraction of sp³-hybridized carbons (Fsp3) is 0.444. The van der Waals surface area contributed by atoms with Crippen LogP contribution in [0.3, 0.4) is 0 Å². The SMILES string of the molecule is c1n[nH]cc1-c1c[nH]c2ncc(C3CCC4(CC3)OCCO4)cc12.